The minimum absolute atomic E-state index is 0.0373. The standard InChI is InChI=1S/C23H24F3N3O3/c1-14(2)18-10-7-11-19(21(29-31-5)22(30)27-4)20(18)13-32-28-15(3)16-8-6-9-17(12-16)23(24,25)26/h6-12H,1,13H2,2-5H3,(H,27,30)/b28-15+,29-21+. The minimum atomic E-state index is -4.45. The lowest BCUT2D eigenvalue weighted by Gasteiger charge is -2.15. The quantitative estimate of drug-likeness (QED) is 0.468. The van der Waals surface area contributed by atoms with Gasteiger partial charge in [-0.2, -0.15) is 13.2 Å². The van der Waals surface area contributed by atoms with Gasteiger partial charge in [-0.15, -0.1) is 0 Å². The van der Waals surface area contributed by atoms with E-state index in [4.69, 9.17) is 9.68 Å². The highest BCUT2D eigenvalue weighted by atomic mass is 19.4. The number of halogens is 3. The number of nitrogens with one attached hydrogen (secondary N) is 1. The average Bonchev–Trinajstić information content (AvgIpc) is 2.76. The Labute approximate surface area is 184 Å². The van der Waals surface area contributed by atoms with Crippen molar-refractivity contribution in [2.24, 2.45) is 10.3 Å². The Morgan fingerprint density at radius 1 is 1.09 bits per heavy atom. The molecule has 0 fully saturated rings. The van der Waals surface area contributed by atoms with Gasteiger partial charge in [0.05, 0.1) is 11.3 Å². The highest BCUT2D eigenvalue weighted by Gasteiger charge is 2.30. The second kappa shape index (κ2) is 10.6. The molecule has 0 bridgehead atoms. The summed E-state index contributed by atoms with van der Waals surface area (Å²) in [6.45, 7) is 7.22. The Bertz CT molecular complexity index is 1060. The van der Waals surface area contributed by atoms with Crippen molar-refractivity contribution in [2.75, 3.05) is 14.2 Å². The van der Waals surface area contributed by atoms with Gasteiger partial charge in [-0.3, -0.25) is 4.79 Å². The smallest absolute Gasteiger partial charge is 0.398 e. The molecule has 9 heteroatoms. The fraction of sp³-hybridized carbons (Fsp3) is 0.261. The summed E-state index contributed by atoms with van der Waals surface area (Å²) in [6.07, 6.45) is -4.45. The zero-order valence-electron chi connectivity index (χ0n) is 18.2. The summed E-state index contributed by atoms with van der Waals surface area (Å²) < 4.78 is 38.9. The van der Waals surface area contributed by atoms with Crippen molar-refractivity contribution in [1.29, 1.82) is 0 Å². The maximum absolute atomic E-state index is 13.0. The van der Waals surface area contributed by atoms with Crippen LogP contribution in [0.3, 0.4) is 0 Å². The van der Waals surface area contributed by atoms with Gasteiger partial charge in [-0.1, -0.05) is 52.8 Å². The number of rotatable bonds is 8. The van der Waals surface area contributed by atoms with E-state index in [9.17, 15) is 18.0 Å². The molecule has 0 atom stereocenters. The predicted octanol–water partition coefficient (Wildman–Crippen LogP) is 4.78. The van der Waals surface area contributed by atoms with E-state index in [2.05, 4.69) is 22.2 Å². The van der Waals surface area contributed by atoms with Crippen molar-refractivity contribution in [3.63, 3.8) is 0 Å². The molecule has 0 aliphatic carbocycles. The number of oxime groups is 2. The molecular formula is C23H24F3N3O3. The molecule has 2 aromatic carbocycles. The second-order valence-electron chi connectivity index (χ2n) is 6.84. The van der Waals surface area contributed by atoms with Gasteiger partial charge in [-0.25, -0.2) is 0 Å². The van der Waals surface area contributed by atoms with Crippen molar-refractivity contribution in [3.05, 3.63) is 76.9 Å². The van der Waals surface area contributed by atoms with Gasteiger partial charge in [0.1, 0.15) is 13.7 Å². The van der Waals surface area contributed by atoms with Crippen molar-refractivity contribution in [3.8, 4) is 0 Å². The third-order valence-corrected chi connectivity index (χ3v) is 4.53. The lowest BCUT2D eigenvalue weighted by atomic mass is 9.94. The lowest BCUT2D eigenvalue weighted by Crippen LogP contribution is -2.29. The zero-order valence-corrected chi connectivity index (χ0v) is 18.2. The van der Waals surface area contributed by atoms with Crippen LogP contribution in [-0.2, 0) is 27.3 Å². The number of carbonyl (C=O) groups excluding carboxylic acids is 1. The molecule has 170 valence electrons. The van der Waals surface area contributed by atoms with Crippen LogP contribution in [0.25, 0.3) is 5.57 Å². The molecule has 0 unspecified atom stereocenters. The number of likely N-dealkylation sites (N-methyl/N-ethyl adjacent to an activating group) is 1. The molecule has 0 spiro atoms. The summed E-state index contributed by atoms with van der Waals surface area (Å²) in [5.41, 5.74) is 2.29. The molecule has 0 saturated carbocycles. The average molecular weight is 447 g/mol. The Balaban J connectivity index is 2.39. The summed E-state index contributed by atoms with van der Waals surface area (Å²) in [4.78, 5) is 22.6. The van der Waals surface area contributed by atoms with E-state index in [0.29, 0.717) is 11.1 Å². The normalized spacial score (nSPS) is 12.3. The molecule has 32 heavy (non-hydrogen) atoms. The summed E-state index contributed by atoms with van der Waals surface area (Å²) in [5, 5.41) is 10.3. The zero-order chi connectivity index (χ0) is 23.9. The van der Waals surface area contributed by atoms with E-state index in [1.165, 1.54) is 26.3 Å². The number of allylic oxidation sites excluding steroid dienone is 1. The highest BCUT2D eigenvalue weighted by molar-refractivity contribution is 6.45. The number of amides is 1. The second-order valence-corrected chi connectivity index (χ2v) is 6.84. The first-order valence-electron chi connectivity index (χ1n) is 9.55. The number of alkyl halides is 3. The first-order chi connectivity index (χ1) is 15.1. The molecule has 0 saturated heterocycles. The monoisotopic (exact) mass is 447 g/mol. The van der Waals surface area contributed by atoms with Crippen LogP contribution in [0.15, 0.2) is 59.4 Å². The van der Waals surface area contributed by atoms with Crippen LogP contribution in [0, 0.1) is 0 Å². The van der Waals surface area contributed by atoms with E-state index in [0.717, 1.165) is 23.3 Å². The minimum Gasteiger partial charge on any atom is -0.398 e. The van der Waals surface area contributed by atoms with Crippen LogP contribution >= 0.6 is 0 Å². The first kappa shape index (κ1) is 24.6. The van der Waals surface area contributed by atoms with E-state index in [1.54, 1.807) is 26.0 Å². The van der Waals surface area contributed by atoms with Gasteiger partial charge in [0.25, 0.3) is 5.91 Å². The topological polar surface area (TPSA) is 72.3 Å². The molecule has 0 heterocycles. The van der Waals surface area contributed by atoms with Crippen molar-refractivity contribution in [1.82, 2.24) is 5.32 Å². The van der Waals surface area contributed by atoms with Crippen LogP contribution in [0.5, 0.6) is 0 Å². The van der Waals surface area contributed by atoms with Crippen LogP contribution in [0.2, 0.25) is 0 Å². The fourth-order valence-electron chi connectivity index (χ4n) is 2.95. The molecule has 0 radical (unpaired) electrons. The van der Waals surface area contributed by atoms with Crippen molar-refractivity contribution < 1.29 is 27.6 Å². The third-order valence-electron chi connectivity index (χ3n) is 4.53. The van der Waals surface area contributed by atoms with Crippen LogP contribution < -0.4 is 5.32 Å². The first-order valence-corrected chi connectivity index (χ1v) is 9.55. The molecule has 0 aliphatic rings. The van der Waals surface area contributed by atoms with Crippen LogP contribution in [-0.4, -0.2) is 31.5 Å². The number of nitrogens with zero attached hydrogens (tertiary/aromatic N) is 2. The van der Waals surface area contributed by atoms with Crippen LogP contribution in [0.4, 0.5) is 13.2 Å². The molecular weight excluding hydrogens is 423 g/mol. The molecule has 1 amide bonds. The van der Waals surface area contributed by atoms with E-state index < -0.39 is 17.6 Å². The fourth-order valence-corrected chi connectivity index (χ4v) is 2.95. The number of hydrogen-bond donors (Lipinski definition) is 1. The molecule has 1 N–H and O–H groups in total. The summed E-state index contributed by atoms with van der Waals surface area (Å²) >= 11 is 0. The Hall–Kier alpha value is -3.62. The predicted molar refractivity (Wildman–Crippen MR) is 117 cm³/mol. The Morgan fingerprint density at radius 2 is 1.75 bits per heavy atom. The van der Waals surface area contributed by atoms with Gasteiger partial charge in [-0.05, 0) is 37.1 Å². The lowest BCUT2D eigenvalue weighted by molar-refractivity contribution is -0.137. The van der Waals surface area contributed by atoms with E-state index >= 15 is 0 Å². The number of carbonyl (C=O) groups is 1. The Morgan fingerprint density at radius 3 is 2.34 bits per heavy atom. The van der Waals surface area contributed by atoms with Gasteiger partial charge in [0.15, 0.2) is 5.71 Å². The van der Waals surface area contributed by atoms with Gasteiger partial charge in [0, 0.05) is 18.2 Å². The van der Waals surface area contributed by atoms with E-state index in [-0.39, 0.29) is 23.6 Å². The molecule has 2 aromatic rings. The molecule has 6 nitrogen and oxygen atoms in total. The number of hydrogen-bond acceptors (Lipinski definition) is 5. The molecule has 0 aliphatic heterocycles. The maximum Gasteiger partial charge on any atom is 0.416 e. The van der Waals surface area contributed by atoms with Gasteiger partial charge in [0.2, 0.25) is 0 Å². The maximum atomic E-state index is 13.0. The van der Waals surface area contributed by atoms with Crippen molar-refractivity contribution >= 4 is 22.9 Å². The molecule has 0 aromatic heterocycles. The third kappa shape index (κ3) is 5.96. The summed E-state index contributed by atoms with van der Waals surface area (Å²) in [7, 11) is 2.79. The Kier molecular flexibility index (Phi) is 8.17. The summed E-state index contributed by atoms with van der Waals surface area (Å²) in [5.74, 6) is -0.462. The largest absolute Gasteiger partial charge is 0.416 e. The van der Waals surface area contributed by atoms with Crippen molar-refractivity contribution in [2.45, 2.75) is 26.6 Å². The highest BCUT2D eigenvalue weighted by Crippen LogP contribution is 2.29. The molecule has 2 rings (SSSR count). The van der Waals surface area contributed by atoms with Gasteiger partial charge >= 0.3 is 6.18 Å². The van der Waals surface area contributed by atoms with Crippen LogP contribution in [0.1, 0.15) is 41.7 Å². The summed E-state index contributed by atoms with van der Waals surface area (Å²) in [6, 6.07) is 10.0. The van der Waals surface area contributed by atoms with Gasteiger partial charge < -0.3 is 15.0 Å². The SMILES string of the molecule is C=C(C)c1cccc(/C(=N\OC)C(=O)NC)c1CO/N=C(\C)c1cccc(C(F)(F)F)c1. The van der Waals surface area contributed by atoms with E-state index in [1.807, 2.05) is 6.07 Å². The number of benzene rings is 2.